The summed E-state index contributed by atoms with van der Waals surface area (Å²) in [5.74, 6) is 3.53. The second kappa shape index (κ2) is 7.06. The number of fused-ring (bicyclic) bond motifs is 1. The van der Waals surface area contributed by atoms with Crippen molar-refractivity contribution in [2.24, 2.45) is 17.0 Å². The van der Waals surface area contributed by atoms with Crippen LogP contribution in [0.1, 0.15) is 12.8 Å². The van der Waals surface area contributed by atoms with Gasteiger partial charge in [-0.25, -0.2) is 4.98 Å². The Morgan fingerprint density at radius 1 is 1.35 bits per heavy atom. The van der Waals surface area contributed by atoms with E-state index < -0.39 is 17.7 Å². The molecule has 9 nitrogen and oxygen atoms in total. The van der Waals surface area contributed by atoms with Crippen molar-refractivity contribution < 1.29 is 19.6 Å². The molecule has 1 fully saturated rings. The third-order valence-electron chi connectivity index (χ3n) is 5.68. The molecule has 0 saturated heterocycles. The van der Waals surface area contributed by atoms with Crippen LogP contribution in [-0.2, 0) is 14.5 Å². The minimum absolute atomic E-state index is 0.0913. The van der Waals surface area contributed by atoms with Crippen molar-refractivity contribution in [1.29, 1.82) is 0 Å². The average molecular weight is 417 g/mol. The van der Waals surface area contributed by atoms with Gasteiger partial charge in [0.1, 0.15) is 5.71 Å². The lowest BCUT2D eigenvalue weighted by Crippen LogP contribution is -2.39. The van der Waals surface area contributed by atoms with E-state index in [1.165, 1.54) is 4.90 Å². The number of H-pyrrole nitrogens is 1. The van der Waals surface area contributed by atoms with Crippen molar-refractivity contribution in [2.45, 2.75) is 18.9 Å². The molecule has 3 aliphatic rings. The second-order valence-corrected chi connectivity index (χ2v) is 7.67. The van der Waals surface area contributed by atoms with E-state index in [0.29, 0.717) is 22.5 Å². The van der Waals surface area contributed by atoms with Gasteiger partial charge in [-0.15, -0.1) is 5.90 Å². The lowest BCUT2D eigenvalue weighted by Gasteiger charge is -2.28. The van der Waals surface area contributed by atoms with E-state index in [0.717, 1.165) is 23.9 Å². The summed E-state index contributed by atoms with van der Waals surface area (Å²) in [4.78, 5) is 39.3. The minimum atomic E-state index is -0.826. The highest BCUT2D eigenvalue weighted by Crippen LogP contribution is 2.42. The van der Waals surface area contributed by atoms with Crippen LogP contribution in [0, 0.1) is 5.92 Å². The van der Waals surface area contributed by atoms with E-state index in [1.807, 2.05) is 0 Å². The van der Waals surface area contributed by atoms with Crippen molar-refractivity contribution in [1.82, 2.24) is 9.97 Å². The monoisotopic (exact) mass is 417 g/mol. The molecule has 2 aliphatic carbocycles. The molecule has 0 bridgehead atoms. The molecule has 1 atom stereocenters. The number of nitrogens with one attached hydrogen (secondary N) is 1. The van der Waals surface area contributed by atoms with Crippen molar-refractivity contribution in [2.75, 3.05) is 4.90 Å². The summed E-state index contributed by atoms with van der Waals surface area (Å²) >= 11 is 0. The lowest BCUT2D eigenvalue weighted by molar-refractivity contribution is -0.118. The Bertz CT molecular complexity index is 1260. The fraction of sp³-hybridized carbons (Fsp3) is 0.182. The van der Waals surface area contributed by atoms with Gasteiger partial charge in [-0.05, 0) is 48.3 Å². The third kappa shape index (κ3) is 3.06. The van der Waals surface area contributed by atoms with Gasteiger partial charge >= 0.3 is 0 Å². The Labute approximate surface area is 176 Å². The summed E-state index contributed by atoms with van der Waals surface area (Å²) in [6, 6.07) is 4.43. The zero-order valence-electron chi connectivity index (χ0n) is 16.4. The number of carbonyl (C=O) groups excluding carboxylic acids is 2. The van der Waals surface area contributed by atoms with Crippen LogP contribution in [0.3, 0.4) is 0 Å². The third-order valence-corrected chi connectivity index (χ3v) is 5.68. The fourth-order valence-electron chi connectivity index (χ4n) is 3.97. The van der Waals surface area contributed by atoms with Crippen molar-refractivity contribution in [3.63, 3.8) is 0 Å². The number of aromatic amines is 1. The van der Waals surface area contributed by atoms with Gasteiger partial charge in [0.05, 0.1) is 29.0 Å². The number of hydrogen-bond acceptors (Lipinski definition) is 7. The van der Waals surface area contributed by atoms with Gasteiger partial charge in [-0.2, -0.15) is 0 Å². The molecule has 1 aliphatic heterocycles. The maximum atomic E-state index is 13.2. The van der Waals surface area contributed by atoms with Gasteiger partial charge < -0.3 is 15.0 Å². The number of hydrogen-bond donors (Lipinski definition) is 3. The highest BCUT2D eigenvalue weighted by Gasteiger charge is 2.48. The molecule has 0 spiro atoms. The number of aromatic nitrogens is 2. The van der Waals surface area contributed by atoms with Crippen molar-refractivity contribution in [3.8, 4) is 0 Å². The second-order valence-electron chi connectivity index (χ2n) is 7.67. The van der Waals surface area contributed by atoms with E-state index in [-0.39, 0.29) is 17.3 Å². The number of carbonyl (C=O) groups is 2. The van der Waals surface area contributed by atoms with Crippen molar-refractivity contribution in [3.05, 3.63) is 71.8 Å². The first-order chi connectivity index (χ1) is 15.0. The molecule has 0 radical (unpaired) electrons. The molecular formula is C22H19N5O4. The Morgan fingerprint density at radius 3 is 2.90 bits per heavy atom. The largest absolute Gasteiger partial charge is 0.503 e. The molecule has 2 heterocycles. The number of aliphatic hydroxyl groups excluding tert-OH is 1. The summed E-state index contributed by atoms with van der Waals surface area (Å²) in [5, 5.41) is 14.5. The van der Waals surface area contributed by atoms with Gasteiger partial charge in [0.15, 0.2) is 11.5 Å². The van der Waals surface area contributed by atoms with Crippen LogP contribution in [0.5, 0.6) is 0 Å². The number of amides is 1. The predicted octanol–water partition coefficient (Wildman–Crippen LogP) is 2.37. The predicted molar refractivity (Wildman–Crippen MR) is 114 cm³/mol. The van der Waals surface area contributed by atoms with Crippen LogP contribution in [0.2, 0.25) is 0 Å². The number of anilines is 1. The first kappa shape index (κ1) is 19.0. The molecule has 1 aromatic carbocycles. The van der Waals surface area contributed by atoms with E-state index >= 15 is 0 Å². The van der Waals surface area contributed by atoms with Gasteiger partial charge in [-0.3, -0.25) is 14.5 Å². The average Bonchev–Trinajstić information content (AvgIpc) is 3.45. The Hall–Kier alpha value is -3.98. The molecule has 2 aromatic rings. The summed E-state index contributed by atoms with van der Waals surface area (Å²) in [5.41, 5.74) is 3.58. The standard InChI is InChI=1S/C22H19N5O4/c1-11-2-3-13(8-16(11)26-31-23)19-18(20(28)12-4-5-12)21(29)22(30)27(19)14-6-7-15-17(9-14)25-10-24-15/h2-3,6-10,12,19,29H,1,4-5,23H2,(H,24,25)/b26-16-. The van der Waals surface area contributed by atoms with E-state index in [4.69, 9.17) is 5.90 Å². The number of oxime groups is 1. The number of nitrogens with zero attached hydrogens (tertiary/aromatic N) is 3. The molecule has 1 aromatic heterocycles. The topological polar surface area (TPSA) is 134 Å². The minimum Gasteiger partial charge on any atom is -0.503 e. The highest BCUT2D eigenvalue weighted by molar-refractivity contribution is 6.19. The molecule has 9 heteroatoms. The van der Waals surface area contributed by atoms with Crippen LogP contribution in [0.4, 0.5) is 5.69 Å². The van der Waals surface area contributed by atoms with Crippen LogP contribution >= 0.6 is 0 Å². The lowest BCUT2D eigenvalue weighted by atomic mass is 9.89. The fourth-order valence-corrected chi connectivity index (χ4v) is 3.97. The van der Waals surface area contributed by atoms with Gasteiger partial charge in [0.25, 0.3) is 5.91 Å². The number of imidazole rings is 1. The summed E-state index contributed by atoms with van der Waals surface area (Å²) in [6.45, 7) is 3.89. The number of nitrogens with two attached hydrogens (primary N) is 1. The zero-order valence-corrected chi connectivity index (χ0v) is 16.4. The van der Waals surface area contributed by atoms with Crippen molar-refractivity contribution >= 4 is 34.1 Å². The number of allylic oxidation sites excluding steroid dienone is 3. The number of rotatable bonds is 5. The van der Waals surface area contributed by atoms with E-state index in [2.05, 4.69) is 26.6 Å². The zero-order chi connectivity index (χ0) is 21.7. The van der Waals surface area contributed by atoms with E-state index in [1.54, 1.807) is 42.8 Å². The SMILES string of the molecule is C=C1C=CC(C2C(C(=O)C3CC3)=C(O)C(=O)N2c2ccc3nc[nH]c3c2)=C/C1=N/ON. The van der Waals surface area contributed by atoms with Gasteiger partial charge in [0, 0.05) is 11.6 Å². The number of aliphatic hydroxyl groups is 1. The van der Waals surface area contributed by atoms with Crippen LogP contribution < -0.4 is 10.8 Å². The number of Topliss-reactive ketones (excluding diaryl/α,β-unsaturated/α-hetero) is 1. The summed E-state index contributed by atoms with van der Waals surface area (Å²) < 4.78 is 0. The normalized spacial score (nSPS) is 22.6. The molecular weight excluding hydrogens is 398 g/mol. The Kier molecular flexibility index (Phi) is 4.33. The van der Waals surface area contributed by atoms with Crippen LogP contribution in [0.25, 0.3) is 11.0 Å². The molecule has 4 N–H and O–H groups in total. The van der Waals surface area contributed by atoms with Crippen LogP contribution in [0.15, 0.2) is 77.0 Å². The molecule has 1 unspecified atom stereocenters. The van der Waals surface area contributed by atoms with E-state index in [9.17, 15) is 14.7 Å². The number of ketones is 1. The summed E-state index contributed by atoms with van der Waals surface area (Å²) in [7, 11) is 0. The molecule has 31 heavy (non-hydrogen) atoms. The van der Waals surface area contributed by atoms with Gasteiger partial charge in [0.2, 0.25) is 0 Å². The molecule has 1 saturated carbocycles. The Balaban J connectivity index is 1.66. The smallest absolute Gasteiger partial charge is 0.294 e. The quantitative estimate of drug-likeness (QED) is 0.640. The molecule has 5 rings (SSSR count). The molecule has 1 amide bonds. The highest BCUT2D eigenvalue weighted by atomic mass is 16.7. The first-order valence-electron chi connectivity index (χ1n) is 9.76. The summed E-state index contributed by atoms with van der Waals surface area (Å²) in [6.07, 6.45) is 8.14. The Morgan fingerprint density at radius 2 is 2.16 bits per heavy atom. The van der Waals surface area contributed by atoms with Crippen LogP contribution in [-0.4, -0.2) is 38.5 Å². The maximum Gasteiger partial charge on any atom is 0.294 e. The van der Waals surface area contributed by atoms with Gasteiger partial charge in [-0.1, -0.05) is 23.9 Å². The number of benzene rings is 1. The molecule has 156 valence electrons. The maximum absolute atomic E-state index is 13.2. The first-order valence-corrected chi connectivity index (χ1v) is 9.76.